The second-order valence-corrected chi connectivity index (χ2v) is 5.40. The molecule has 4 heteroatoms. The Morgan fingerprint density at radius 3 is 3.18 bits per heavy atom. The molecule has 1 unspecified atom stereocenters. The lowest BCUT2D eigenvalue weighted by molar-refractivity contribution is -0.0464. The van der Waals surface area contributed by atoms with Crippen LogP contribution in [0.1, 0.15) is 6.92 Å². The second-order valence-electron chi connectivity index (χ2n) is 4.15. The van der Waals surface area contributed by atoms with Gasteiger partial charge in [-0.3, -0.25) is 4.90 Å². The van der Waals surface area contributed by atoms with E-state index in [1.54, 1.807) is 0 Å². The standard InChI is InChI=1S/C13H18INO2/c1-2-15-6-7-16-13(9-15)10-17-12-5-3-4-11(14)8-12/h3-5,8,13H,2,6-7,9-10H2,1H3. The van der Waals surface area contributed by atoms with E-state index in [0.29, 0.717) is 6.61 Å². The fraction of sp³-hybridized carbons (Fsp3) is 0.538. The predicted octanol–water partition coefficient (Wildman–Crippen LogP) is 2.39. The zero-order valence-corrected chi connectivity index (χ0v) is 12.2. The van der Waals surface area contributed by atoms with E-state index in [-0.39, 0.29) is 6.10 Å². The normalized spacial score (nSPS) is 21.4. The number of likely N-dealkylation sites (N-methyl/N-ethyl adjacent to an activating group) is 1. The maximum absolute atomic E-state index is 5.76. The van der Waals surface area contributed by atoms with Crippen molar-refractivity contribution in [3.63, 3.8) is 0 Å². The molecule has 94 valence electrons. The Kier molecular flexibility index (Phi) is 5.06. The Hall–Kier alpha value is -0.330. The summed E-state index contributed by atoms with van der Waals surface area (Å²) in [7, 11) is 0. The molecule has 1 aliphatic heterocycles. The Morgan fingerprint density at radius 1 is 1.53 bits per heavy atom. The maximum Gasteiger partial charge on any atom is 0.120 e. The lowest BCUT2D eigenvalue weighted by Gasteiger charge is -2.31. The zero-order chi connectivity index (χ0) is 12.1. The molecule has 0 amide bonds. The highest BCUT2D eigenvalue weighted by atomic mass is 127. The second kappa shape index (κ2) is 6.56. The topological polar surface area (TPSA) is 21.7 Å². The lowest BCUT2D eigenvalue weighted by Crippen LogP contribution is -2.44. The van der Waals surface area contributed by atoms with Crippen LogP contribution in [-0.4, -0.2) is 43.9 Å². The van der Waals surface area contributed by atoms with Gasteiger partial charge in [0.2, 0.25) is 0 Å². The SMILES string of the molecule is CCN1CCOC(COc2cccc(I)c2)C1. The van der Waals surface area contributed by atoms with Crippen molar-refractivity contribution < 1.29 is 9.47 Å². The number of ether oxygens (including phenoxy) is 2. The minimum Gasteiger partial charge on any atom is -0.491 e. The highest BCUT2D eigenvalue weighted by molar-refractivity contribution is 14.1. The fourth-order valence-electron chi connectivity index (χ4n) is 1.91. The number of morpholine rings is 1. The summed E-state index contributed by atoms with van der Waals surface area (Å²) in [5, 5.41) is 0. The molecule has 0 aliphatic carbocycles. The molecular formula is C13H18INO2. The molecule has 1 saturated heterocycles. The van der Waals surface area contributed by atoms with Crippen LogP contribution >= 0.6 is 22.6 Å². The third-order valence-corrected chi connectivity index (χ3v) is 3.57. The summed E-state index contributed by atoms with van der Waals surface area (Å²) >= 11 is 2.29. The Bertz CT molecular complexity index is 359. The monoisotopic (exact) mass is 347 g/mol. The van der Waals surface area contributed by atoms with Crippen LogP contribution in [0.3, 0.4) is 0 Å². The van der Waals surface area contributed by atoms with Crippen molar-refractivity contribution >= 4 is 22.6 Å². The van der Waals surface area contributed by atoms with Gasteiger partial charge in [0.05, 0.1) is 6.61 Å². The molecule has 0 saturated carbocycles. The van der Waals surface area contributed by atoms with E-state index < -0.39 is 0 Å². The Balaban J connectivity index is 1.81. The molecular weight excluding hydrogens is 329 g/mol. The van der Waals surface area contributed by atoms with Gasteiger partial charge in [0.15, 0.2) is 0 Å². The van der Waals surface area contributed by atoms with E-state index in [1.807, 2.05) is 18.2 Å². The van der Waals surface area contributed by atoms with Crippen LogP contribution in [0.15, 0.2) is 24.3 Å². The molecule has 1 atom stereocenters. The zero-order valence-electron chi connectivity index (χ0n) is 10.1. The first-order valence-corrected chi connectivity index (χ1v) is 7.08. The maximum atomic E-state index is 5.76. The number of hydrogen-bond donors (Lipinski definition) is 0. The summed E-state index contributed by atoms with van der Waals surface area (Å²) in [5.41, 5.74) is 0. The molecule has 2 rings (SSSR count). The first-order chi connectivity index (χ1) is 8.28. The van der Waals surface area contributed by atoms with Gasteiger partial charge in [-0.1, -0.05) is 13.0 Å². The summed E-state index contributed by atoms with van der Waals surface area (Å²) in [6.07, 6.45) is 0.196. The van der Waals surface area contributed by atoms with Gasteiger partial charge >= 0.3 is 0 Å². The number of hydrogen-bond acceptors (Lipinski definition) is 3. The first kappa shape index (κ1) is 13.1. The number of halogens is 1. The van der Waals surface area contributed by atoms with Crippen molar-refractivity contribution in [2.24, 2.45) is 0 Å². The molecule has 0 radical (unpaired) electrons. The van der Waals surface area contributed by atoms with E-state index in [1.165, 1.54) is 3.57 Å². The van der Waals surface area contributed by atoms with Crippen molar-refractivity contribution in [3.05, 3.63) is 27.8 Å². The van der Waals surface area contributed by atoms with Gasteiger partial charge in [0.1, 0.15) is 18.5 Å². The molecule has 17 heavy (non-hydrogen) atoms. The van der Waals surface area contributed by atoms with Gasteiger partial charge in [0, 0.05) is 16.7 Å². The molecule has 0 spiro atoms. The van der Waals surface area contributed by atoms with Crippen molar-refractivity contribution in [3.8, 4) is 5.75 Å². The molecule has 1 aliphatic rings. The summed E-state index contributed by atoms with van der Waals surface area (Å²) in [6.45, 7) is 6.73. The van der Waals surface area contributed by atoms with Crippen LogP contribution in [0.5, 0.6) is 5.75 Å². The van der Waals surface area contributed by atoms with Gasteiger partial charge in [-0.2, -0.15) is 0 Å². The third kappa shape index (κ3) is 4.12. The van der Waals surface area contributed by atoms with Crippen molar-refractivity contribution in [2.75, 3.05) is 32.8 Å². The smallest absolute Gasteiger partial charge is 0.120 e. The van der Waals surface area contributed by atoms with Crippen LogP contribution < -0.4 is 4.74 Å². The molecule has 3 nitrogen and oxygen atoms in total. The minimum absolute atomic E-state index is 0.196. The average Bonchev–Trinajstić information content (AvgIpc) is 2.37. The van der Waals surface area contributed by atoms with Crippen LogP contribution in [0.4, 0.5) is 0 Å². The number of benzene rings is 1. The Morgan fingerprint density at radius 2 is 2.41 bits per heavy atom. The third-order valence-electron chi connectivity index (χ3n) is 2.90. The molecule has 1 fully saturated rings. The average molecular weight is 347 g/mol. The van der Waals surface area contributed by atoms with Crippen molar-refractivity contribution in [2.45, 2.75) is 13.0 Å². The summed E-state index contributed by atoms with van der Waals surface area (Å²) < 4.78 is 12.7. The molecule has 0 bridgehead atoms. The summed E-state index contributed by atoms with van der Waals surface area (Å²) in [4.78, 5) is 2.40. The van der Waals surface area contributed by atoms with E-state index >= 15 is 0 Å². The molecule has 1 aromatic carbocycles. The number of rotatable bonds is 4. The van der Waals surface area contributed by atoms with Gasteiger partial charge < -0.3 is 9.47 Å². The fourth-order valence-corrected chi connectivity index (χ4v) is 2.43. The minimum atomic E-state index is 0.196. The highest BCUT2D eigenvalue weighted by Gasteiger charge is 2.19. The van der Waals surface area contributed by atoms with Gasteiger partial charge in [-0.05, 0) is 47.3 Å². The van der Waals surface area contributed by atoms with E-state index in [2.05, 4.69) is 40.5 Å². The van der Waals surface area contributed by atoms with Crippen LogP contribution in [0, 0.1) is 3.57 Å². The van der Waals surface area contributed by atoms with E-state index in [9.17, 15) is 0 Å². The summed E-state index contributed by atoms with van der Waals surface area (Å²) in [5.74, 6) is 0.925. The van der Waals surface area contributed by atoms with Crippen LogP contribution in [0.25, 0.3) is 0 Å². The summed E-state index contributed by atoms with van der Waals surface area (Å²) in [6, 6.07) is 8.10. The van der Waals surface area contributed by atoms with E-state index in [0.717, 1.165) is 32.0 Å². The number of nitrogens with zero attached hydrogens (tertiary/aromatic N) is 1. The van der Waals surface area contributed by atoms with Crippen LogP contribution in [-0.2, 0) is 4.74 Å². The van der Waals surface area contributed by atoms with Crippen molar-refractivity contribution in [1.29, 1.82) is 0 Å². The van der Waals surface area contributed by atoms with Gasteiger partial charge in [-0.25, -0.2) is 0 Å². The molecule has 0 N–H and O–H groups in total. The molecule has 1 aromatic rings. The predicted molar refractivity (Wildman–Crippen MR) is 76.5 cm³/mol. The molecule has 1 heterocycles. The van der Waals surface area contributed by atoms with Gasteiger partial charge in [0.25, 0.3) is 0 Å². The molecule has 0 aromatic heterocycles. The Labute approximate surface area is 116 Å². The first-order valence-electron chi connectivity index (χ1n) is 6.00. The van der Waals surface area contributed by atoms with E-state index in [4.69, 9.17) is 9.47 Å². The highest BCUT2D eigenvalue weighted by Crippen LogP contribution is 2.16. The van der Waals surface area contributed by atoms with Crippen LogP contribution in [0.2, 0.25) is 0 Å². The van der Waals surface area contributed by atoms with Gasteiger partial charge in [-0.15, -0.1) is 0 Å². The largest absolute Gasteiger partial charge is 0.491 e. The quantitative estimate of drug-likeness (QED) is 0.781. The lowest BCUT2D eigenvalue weighted by atomic mass is 10.3. The van der Waals surface area contributed by atoms with Crippen molar-refractivity contribution in [1.82, 2.24) is 4.90 Å².